The molecule has 0 aliphatic rings. The zero-order chi connectivity index (χ0) is 21.3. The van der Waals surface area contributed by atoms with Crippen molar-refractivity contribution >= 4 is 23.2 Å². The zero-order valence-electron chi connectivity index (χ0n) is 17.1. The largest absolute Gasteiger partial charge is 0.493 e. The molecular weight excluding hydrogens is 421 g/mol. The maximum atomic E-state index is 6.41. The molecule has 0 spiro atoms. The number of rotatable bonds is 10. The van der Waals surface area contributed by atoms with Gasteiger partial charge >= 0.3 is 0 Å². The van der Waals surface area contributed by atoms with E-state index in [2.05, 4.69) is 5.32 Å². The molecule has 0 fully saturated rings. The lowest BCUT2D eigenvalue weighted by atomic mass is 10.1. The van der Waals surface area contributed by atoms with E-state index in [9.17, 15) is 0 Å². The van der Waals surface area contributed by atoms with E-state index in [0.717, 1.165) is 35.6 Å². The van der Waals surface area contributed by atoms with E-state index in [1.54, 1.807) is 14.2 Å². The van der Waals surface area contributed by atoms with E-state index < -0.39 is 0 Å². The molecule has 30 heavy (non-hydrogen) atoms. The van der Waals surface area contributed by atoms with Crippen molar-refractivity contribution in [1.29, 1.82) is 0 Å². The van der Waals surface area contributed by atoms with E-state index in [0.29, 0.717) is 28.9 Å². The van der Waals surface area contributed by atoms with Crippen LogP contribution in [-0.2, 0) is 19.6 Å². The highest BCUT2D eigenvalue weighted by Crippen LogP contribution is 2.35. The number of nitrogens with one attached hydrogen (secondary N) is 1. The molecule has 0 amide bonds. The van der Waals surface area contributed by atoms with Crippen molar-refractivity contribution in [2.45, 2.75) is 19.6 Å². The van der Waals surface area contributed by atoms with Crippen LogP contribution in [0.15, 0.2) is 60.7 Å². The summed E-state index contributed by atoms with van der Waals surface area (Å²) in [6.45, 7) is 1.88. The van der Waals surface area contributed by atoms with Gasteiger partial charge in [0.05, 0.1) is 24.3 Å². The lowest BCUT2D eigenvalue weighted by Gasteiger charge is -2.13. The van der Waals surface area contributed by atoms with Gasteiger partial charge in [0, 0.05) is 6.54 Å². The Labute approximate surface area is 187 Å². The van der Waals surface area contributed by atoms with Gasteiger partial charge in [-0.25, -0.2) is 0 Å². The first-order chi connectivity index (χ1) is 14.6. The minimum Gasteiger partial charge on any atom is -0.493 e. The summed E-state index contributed by atoms with van der Waals surface area (Å²) in [6.07, 6.45) is 0.861. The fourth-order valence-corrected chi connectivity index (χ4v) is 3.73. The summed E-state index contributed by atoms with van der Waals surface area (Å²) in [4.78, 5) is 0. The second-order valence-corrected chi connectivity index (χ2v) is 7.59. The average Bonchev–Trinajstić information content (AvgIpc) is 2.76. The fourth-order valence-electron chi connectivity index (χ4n) is 3.08. The van der Waals surface area contributed by atoms with Crippen LogP contribution in [0.4, 0.5) is 0 Å². The molecule has 3 rings (SSSR count). The van der Waals surface area contributed by atoms with Crippen molar-refractivity contribution in [3.05, 3.63) is 87.4 Å². The van der Waals surface area contributed by atoms with Crippen molar-refractivity contribution in [2.75, 3.05) is 20.8 Å². The van der Waals surface area contributed by atoms with Gasteiger partial charge in [-0.2, -0.15) is 0 Å². The monoisotopic (exact) mass is 445 g/mol. The van der Waals surface area contributed by atoms with Crippen molar-refractivity contribution in [1.82, 2.24) is 5.32 Å². The van der Waals surface area contributed by atoms with E-state index in [1.165, 1.54) is 5.56 Å². The Bertz CT molecular complexity index is 941. The zero-order valence-corrected chi connectivity index (χ0v) is 18.6. The highest BCUT2D eigenvalue weighted by atomic mass is 35.5. The Kier molecular flexibility index (Phi) is 8.26. The molecule has 0 saturated heterocycles. The summed E-state index contributed by atoms with van der Waals surface area (Å²) < 4.78 is 16.5. The number of hydrogen-bond acceptors (Lipinski definition) is 4. The highest BCUT2D eigenvalue weighted by Gasteiger charge is 2.10. The molecule has 0 unspecified atom stereocenters. The topological polar surface area (TPSA) is 39.7 Å². The summed E-state index contributed by atoms with van der Waals surface area (Å²) in [5, 5.41) is 4.44. The first kappa shape index (κ1) is 22.3. The van der Waals surface area contributed by atoms with Gasteiger partial charge in [-0.15, -0.1) is 0 Å². The molecule has 0 bridgehead atoms. The van der Waals surface area contributed by atoms with E-state index in [1.807, 2.05) is 60.7 Å². The van der Waals surface area contributed by atoms with Gasteiger partial charge in [0.2, 0.25) is 0 Å². The Morgan fingerprint density at radius 2 is 1.47 bits per heavy atom. The maximum absolute atomic E-state index is 6.41. The summed E-state index contributed by atoms with van der Waals surface area (Å²) in [5.74, 6) is 1.98. The molecule has 0 radical (unpaired) electrons. The summed E-state index contributed by atoms with van der Waals surface area (Å²) in [6, 6.07) is 19.6. The van der Waals surface area contributed by atoms with Crippen molar-refractivity contribution < 1.29 is 14.2 Å². The molecule has 1 N–H and O–H groups in total. The normalized spacial score (nSPS) is 10.7. The predicted molar refractivity (Wildman–Crippen MR) is 122 cm³/mol. The van der Waals surface area contributed by atoms with Crippen LogP contribution in [-0.4, -0.2) is 20.8 Å². The first-order valence-electron chi connectivity index (χ1n) is 9.67. The third-order valence-corrected chi connectivity index (χ3v) is 5.21. The molecule has 0 aromatic heterocycles. The van der Waals surface area contributed by atoms with Gasteiger partial charge in [-0.3, -0.25) is 0 Å². The highest BCUT2D eigenvalue weighted by molar-refractivity contribution is 6.37. The maximum Gasteiger partial charge on any atom is 0.160 e. The van der Waals surface area contributed by atoms with Gasteiger partial charge in [-0.05, 0) is 53.9 Å². The molecule has 0 atom stereocenters. The molecule has 4 nitrogen and oxygen atoms in total. The SMILES string of the molecule is COc1ccc(CCNCc2cc(Cl)c(OCc3ccccc3)c(Cl)c2)cc1OC. The quantitative estimate of drug-likeness (QED) is 0.393. The number of ether oxygens (including phenoxy) is 3. The van der Waals surface area contributed by atoms with Crippen LogP contribution >= 0.6 is 23.2 Å². The minimum atomic E-state index is 0.420. The Morgan fingerprint density at radius 1 is 0.767 bits per heavy atom. The van der Waals surface area contributed by atoms with Crippen LogP contribution in [0.25, 0.3) is 0 Å². The van der Waals surface area contributed by atoms with Gasteiger partial charge in [0.25, 0.3) is 0 Å². The molecule has 0 aliphatic carbocycles. The first-order valence-corrected chi connectivity index (χ1v) is 10.4. The van der Waals surface area contributed by atoms with Gasteiger partial charge in [-0.1, -0.05) is 59.6 Å². The van der Waals surface area contributed by atoms with Crippen LogP contribution in [0.2, 0.25) is 10.0 Å². The smallest absolute Gasteiger partial charge is 0.160 e. The third kappa shape index (κ3) is 6.05. The van der Waals surface area contributed by atoms with Gasteiger partial charge in [0.1, 0.15) is 6.61 Å². The lowest BCUT2D eigenvalue weighted by molar-refractivity contribution is 0.306. The Morgan fingerprint density at radius 3 is 2.13 bits per heavy atom. The third-order valence-electron chi connectivity index (χ3n) is 4.65. The van der Waals surface area contributed by atoms with E-state index in [-0.39, 0.29) is 0 Å². The molecule has 0 saturated carbocycles. The number of benzene rings is 3. The molecule has 6 heteroatoms. The Balaban J connectivity index is 1.52. The van der Waals surface area contributed by atoms with Crippen LogP contribution in [0.5, 0.6) is 17.2 Å². The summed E-state index contributed by atoms with van der Waals surface area (Å²) in [5.41, 5.74) is 3.23. The van der Waals surface area contributed by atoms with Crippen molar-refractivity contribution in [3.8, 4) is 17.2 Å². The summed E-state index contributed by atoms with van der Waals surface area (Å²) in [7, 11) is 3.27. The van der Waals surface area contributed by atoms with Crippen LogP contribution in [0, 0.1) is 0 Å². The lowest BCUT2D eigenvalue weighted by Crippen LogP contribution is -2.16. The van der Waals surface area contributed by atoms with Crippen LogP contribution in [0.3, 0.4) is 0 Å². The molecule has 0 heterocycles. The van der Waals surface area contributed by atoms with Crippen LogP contribution in [0.1, 0.15) is 16.7 Å². The average molecular weight is 446 g/mol. The van der Waals surface area contributed by atoms with Crippen molar-refractivity contribution in [3.63, 3.8) is 0 Å². The second-order valence-electron chi connectivity index (χ2n) is 6.78. The Hall–Kier alpha value is -2.40. The second kappa shape index (κ2) is 11.1. The summed E-state index contributed by atoms with van der Waals surface area (Å²) >= 11 is 12.8. The molecule has 3 aromatic carbocycles. The number of hydrogen-bond donors (Lipinski definition) is 1. The van der Waals surface area contributed by atoms with Crippen molar-refractivity contribution in [2.24, 2.45) is 0 Å². The molecular formula is C24H25Cl2NO3. The van der Waals surface area contributed by atoms with Gasteiger partial charge < -0.3 is 19.5 Å². The molecule has 158 valence electrons. The molecule has 0 aliphatic heterocycles. The van der Waals surface area contributed by atoms with E-state index in [4.69, 9.17) is 37.4 Å². The van der Waals surface area contributed by atoms with E-state index >= 15 is 0 Å². The predicted octanol–water partition coefficient (Wildman–Crippen LogP) is 5.92. The standard InChI is InChI=1S/C24H25Cl2NO3/c1-28-22-9-8-17(14-23(22)29-2)10-11-27-15-19-12-20(25)24(21(26)13-19)30-16-18-6-4-3-5-7-18/h3-9,12-14,27H,10-11,15-16H2,1-2H3. The molecule has 3 aromatic rings. The number of methoxy groups -OCH3 is 2. The fraction of sp³-hybridized carbons (Fsp3) is 0.250. The number of halogens is 2. The van der Waals surface area contributed by atoms with Gasteiger partial charge in [0.15, 0.2) is 17.2 Å². The van der Waals surface area contributed by atoms with Crippen LogP contribution < -0.4 is 19.5 Å². The minimum absolute atomic E-state index is 0.420.